The van der Waals surface area contributed by atoms with Crippen LogP contribution in [0.15, 0.2) is 35.4 Å². The van der Waals surface area contributed by atoms with Crippen LogP contribution in [-0.2, 0) is 4.74 Å². The molecule has 0 radical (unpaired) electrons. The van der Waals surface area contributed by atoms with Gasteiger partial charge in [-0.3, -0.25) is 9.59 Å². The molecule has 10 nitrogen and oxygen atoms in total. The molecule has 2 saturated carbocycles. The summed E-state index contributed by atoms with van der Waals surface area (Å²) in [6.45, 7) is 0. The number of pyridine rings is 1. The fourth-order valence-corrected chi connectivity index (χ4v) is 4.05. The Balaban J connectivity index is 1.44. The number of alkyl halides is 2. The third-order valence-corrected chi connectivity index (χ3v) is 6.02. The molecule has 3 heterocycles. The molecule has 2 fully saturated rings. The van der Waals surface area contributed by atoms with Gasteiger partial charge in [-0.05, 0) is 18.6 Å². The Labute approximate surface area is 186 Å². The third-order valence-electron chi connectivity index (χ3n) is 6.02. The molecule has 1 amide bonds. The molecular weight excluding hydrogens is 436 g/mol. The predicted octanol–water partition coefficient (Wildman–Crippen LogP) is 2.16. The number of fused-ring (bicyclic) bond motifs is 1. The quantitative estimate of drug-likeness (QED) is 0.496. The van der Waals surface area contributed by atoms with Gasteiger partial charge in [0.25, 0.3) is 17.4 Å². The fraction of sp³-hybridized carbons (Fsp3) is 0.429. The topological polar surface area (TPSA) is 115 Å². The number of halogens is 2. The van der Waals surface area contributed by atoms with Crippen LogP contribution in [0.4, 0.5) is 26.1 Å². The molecule has 2 atom stereocenters. The number of nitrogens with zero attached hydrogens (tertiary/aromatic N) is 4. The van der Waals surface area contributed by atoms with Gasteiger partial charge in [-0.1, -0.05) is 0 Å². The van der Waals surface area contributed by atoms with Crippen molar-refractivity contribution >= 4 is 28.9 Å². The highest BCUT2D eigenvalue weighted by molar-refractivity contribution is 6.00. The molecule has 0 spiro atoms. The summed E-state index contributed by atoms with van der Waals surface area (Å²) in [7, 11) is 3.29. The maximum absolute atomic E-state index is 13.3. The summed E-state index contributed by atoms with van der Waals surface area (Å²) in [5, 5.41) is 13.1. The Morgan fingerprint density at radius 3 is 2.79 bits per heavy atom. The van der Waals surface area contributed by atoms with E-state index in [1.807, 2.05) is 0 Å². The molecule has 5 rings (SSSR count). The number of anilines is 3. The molecule has 0 unspecified atom stereocenters. The van der Waals surface area contributed by atoms with Gasteiger partial charge in [0.2, 0.25) is 0 Å². The minimum atomic E-state index is -2.73. The van der Waals surface area contributed by atoms with Gasteiger partial charge in [-0.2, -0.15) is 9.61 Å². The van der Waals surface area contributed by atoms with E-state index in [4.69, 9.17) is 4.74 Å². The Bertz CT molecular complexity index is 1280. The summed E-state index contributed by atoms with van der Waals surface area (Å²) in [6, 6.07) is 4.22. The van der Waals surface area contributed by atoms with E-state index in [1.165, 1.54) is 21.5 Å². The van der Waals surface area contributed by atoms with E-state index in [2.05, 4.69) is 26.0 Å². The molecular formula is C21H23F2N7O3. The van der Waals surface area contributed by atoms with Crippen molar-refractivity contribution in [2.75, 3.05) is 24.8 Å². The Hall–Kier alpha value is -3.54. The van der Waals surface area contributed by atoms with Crippen LogP contribution >= 0.6 is 0 Å². The summed E-state index contributed by atoms with van der Waals surface area (Å²) in [5.41, 5.74) is 0.347. The molecule has 174 valence electrons. The van der Waals surface area contributed by atoms with Crippen molar-refractivity contribution in [1.29, 1.82) is 0 Å². The number of ether oxygens (including phenoxy) is 1. The fourth-order valence-electron chi connectivity index (χ4n) is 4.05. The van der Waals surface area contributed by atoms with Crippen molar-refractivity contribution < 1.29 is 18.3 Å². The zero-order valence-corrected chi connectivity index (χ0v) is 18.0. The lowest BCUT2D eigenvalue weighted by molar-refractivity contribution is -0.104. The average Bonchev–Trinajstić information content (AvgIpc) is 3.38. The van der Waals surface area contributed by atoms with Crippen molar-refractivity contribution in [2.45, 2.75) is 43.4 Å². The molecule has 12 heteroatoms. The van der Waals surface area contributed by atoms with Gasteiger partial charge in [-0.15, -0.1) is 0 Å². The number of aromatic nitrogens is 4. The SMILES string of the molecule is CNc1cc(Nc2cccn(C3CC(F)(F)C3)c2=O)nc2c(C(=O)N[C@H]3C[C@@H]3OC)cnn12. The van der Waals surface area contributed by atoms with Crippen molar-refractivity contribution in [1.82, 2.24) is 24.5 Å². The molecule has 0 aromatic carbocycles. The lowest BCUT2D eigenvalue weighted by Crippen LogP contribution is -2.41. The van der Waals surface area contributed by atoms with Gasteiger partial charge in [-0.25, -0.2) is 13.8 Å². The Kier molecular flexibility index (Phi) is 5.04. The van der Waals surface area contributed by atoms with Gasteiger partial charge < -0.3 is 25.3 Å². The number of rotatable bonds is 7. The highest BCUT2D eigenvalue weighted by atomic mass is 19.3. The van der Waals surface area contributed by atoms with Crippen LogP contribution in [-0.4, -0.2) is 57.3 Å². The number of hydrogen-bond donors (Lipinski definition) is 3. The van der Waals surface area contributed by atoms with Gasteiger partial charge in [0, 0.05) is 45.3 Å². The number of nitrogens with one attached hydrogen (secondary N) is 3. The molecule has 0 aliphatic heterocycles. The molecule has 0 saturated heterocycles. The van der Waals surface area contributed by atoms with Gasteiger partial charge in [0.15, 0.2) is 5.65 Å². The molecule has 3 aromatic heterocycles. The first kappa shape index (κ1) is 21.3. The van der Waals surface area contributed by atoms with Crippen LogP contribution in [0.1, 0.15) is 35.7 Å². The first-order valence-electron chi connectivity index (χ1n) is 10.6. The first-order valence-corrected chi connectivity index (χ1v) is 10.6. The van der Waals surface area contributed by atoms with Gasteiger partial charge >= 0.3 is 0 Å². The normalized spacial score (nSPS) is 21.5. The second-order valence-electron chi connectivity index (χ2n) is 8.34. The van der Waals surface area contributed by atoms with Crippen molar-refractivity contribution in [3.63, 3.8) is 0 Å². The van der Waals surface area contributed by atoms with Crippen molar-refractivity contribution in [3.8, 4) is 0 Å². The number of carbonyl (C=O) groups excluding carboxylic acids is 1. The minimum absolute atomic E-state index is 0.00436. The highest BCUT2D eigenvalue weighted by Crippen LogP contribution is 2.44. The summed E-state index contributed by atoms with van der Waals surface area (Å²) < 4.78 is 34.6. The van der Waals surface area contributed by atoms with Crippen molar-refractivity contribution in [2.24, 2.45) is 0 Å². The zero-order valence-electron chi connectivity index (χ0n) is 18.0. The summed E-state index contributed by atoms with van der Waals surface area (Å²) in [5.74, 6) is -2.21. The maximum atomic E-state index is 13.3. The van der Waals surface area contributed by atoms with Crippen LogP contribution in [0.3, 0.4) is 0 Å². The minimum Gasteiger partial charge on any atom is -0.379 e. The molecule has 0 bridgehead atoms. The summed E-state index contributed by atoms with van der Waals surface area (Å²) >= 11 is 0. The summed E-state index contributed by atoms with van der Waals surface area (Å²) in [4.78, 5) is 30.1. The number of hydrogen-bond acceptors (Lipinski definition) is 7. The van der Waals surface area contributed by atoms with Crippen LogP contribution < -0.4 is 21.5 Å². The molecule has 2 aliphatic rings. The molecule has 33 heavy (non-hydrogen) atoms. The first-order chi connectivity index (χ1) is 15.8. The second-order valence-corrected chi connectivity index (χ2v) is 8.34. The van der Waals surface area contributed by atoms with Crippen LogP contribution in [0, 0.1) is 0 Å². The maximum Gasteiger partial charge on any atom is 0.274 e. The highest BCUT2D eigenvalue weighted by Gasteiger charge is 2.46. The zero-order chi connectivity index (χ0) is 23.3. The second kappa shape index (κ2) is 7.80. The Morgan fingerprint density at radius 1 is 1.33 bits per heavy atom. The third kappa shape index (κ3) is 3.90. The van der Waals surface area contributed by atoms with E-state index in [9.17, 15) is 18.4 Å². The van der Waals surface area contributed by atoms with Crippen molar-refractivity contribution in [3.05, 3.63) is 46.5 Å². The number of methoxy groups -OCH3 is 1. The van der Waals surface area contributed by atoms with Crippen LogP contribution in [0.2, 0.25) is 0 Å². The van der Waals surface area contributed by atoms with Crippen LogP contribution in [0.25, 0.3) is 5.65 Å². The number of amides is 1. The monoisotopic (exact) mass is 459 g/mol. The van der Waals surface area contributed by atoms with Gasteiger partial charge in [0.1, 0.15) is 22.9 Å². The van der Waals surface area contributed by atoms with E-state index < -0.39 is 17.5 Å². The molecule has 3 aromatic rings. The van der Waals surface area contributed by atoms with E-state index in [0.29, 0.717) is 17.3 Å². The Morgan fingerprint density at radius 2 is 2.12 bits per heavy atom. The predicted molar refractivity (Wildman–Crippen MR) is 116 cm³/mol. The molecule has 2 aliphatic carbocycles. The van der Waals surface area contributed by atoms with Gasteiger partial charge in [0.05, 0.1) is 18.3 Å². The van der Waals surface area contributed by atoms with E-state index >= 15 is 0 Å². The smallest absolute Gasteiger partial charge is 0.274 e. The standard InChI is InChI=1S/C21H23F2N7O3/c1-24-17-7-16(26-13-4-3-5-29(20(13)32)11-8-21(22,23)9-11)28-18-12(10-25-30(17)18)19(31)27-14-6-15(14)33-2/h3-5,7,10-11,14-15,24H,6,8-9H2,1-2H3,(H,26,28)(H,27,31)/t14-,15-/m0/s1. The van der Waals surface area contributed by atoms with E-state index in [1.54, 1.807) is 32.4 Å². The lowest BCUT2D eigenvalue weighted by Gasteiger charge is -2.36. The number of carbonyl (C=O) groups is 1. The summed E-state index contributed by atoms with van der Waals surface area (Å²) in [6.07, 6.45) is 2.97. The average molecular weight is 459 g/mol. The largest absolute Gasteiger partial charge is 0.379 e. The lowest BCUT2D eigenvalue weighted by atomic mass is 9.88. The van der Waals surface area contributed by atoms with E-state index in [-0.39, 0.29) is 42.1 Å². The molecule has 3 N–H and O–H groups in total. The van der Waals surface area contributed by atoms with E-state index in [0.717, 1.165) is 6.42 Å². The van der Waals surface area contributed by atoms with Crippen LogP contribution in [0.5, 0.6) is 0 Å².